The van der Waals surface area contributed by atoms with E-state index < -0.39 is 0 Å². The van der Waals surface area contributed by atoms with Gasteiger partial charge in [-0.25, -0.2) is 9.78 Å². The van der Waals surface area contributed by atoms with Gasteiger partial charge in [0.1, 0.15) is 5.82 Å². The van der Waals surface area contributed by atoms with Gasteiger partial charge in [0.2, 0.25) is 0 Å². The van der Waals surface area contributed by atoms with E-state index in [0.29, 0.717) is 17.9 Å². The molecule has 2 N–H and O–H groups in total. The Balaban J connectivity index is 1.94. The number of hydrogen-bond donors (Lipinski definition) is 2. The third-order valence-corrected chi connectivity index (χ3v) is 2.95. The standard InChI is InChI=1S/C16H18N4O2/c1-20(2)15(21)13-8-9-17-14(10-13)19-16(22)18-11-12-6-4-3-5-7-12/h3-10H,11H2,1-2H3,(H2,17,18,19,22). The van der Waals surface area contributed by atoms with Gasteiger partial charge in [-0.2, -0.15) is 0 Å². The number of amides is 3. The van der Waals surface area contributed by atoms with E-state index in [-0.39, 0.29) is 11.9 Å². The molecule has 1 aromatic carbocycles. The minimum atomic E-state index is -0.370. The van der Waals surface area contributed by atoms with Gasteiger partial charge in [-0.3, -0.25) is 10.1 Å². The predicted molar refractivity (Wildman–Crippen MR) is 84.6 cm³/mol. The van der Waals surface area contributed by atoms with Crippen LogP contribution in [0.1, 0.15) is 15.9 Å². The maximum Gasteiger partial charge on any atom is 0.320 e. The third kappa shape index (κ3) is 4.31. The van der Waals surface area contributed by atoms with Crippen LogP contribution in [-0.2, 0) is 6.54 Å². The average molecular weight is 298 g/mol. The molecule has 0 saturated heterocycles. The summed E-state index contributed by atoms with van der Waals surface area (Å²) < 4.78 is 0. The van der Waals surface area contributed by atoms with Gasteiger partial charge >= 0.3 is 6.03 Å². The molecule has 2 rings (SSSR count). The van der Waals surface area contributed by atoms with Crippen LogP contribution >= 0.6 is 0 Å². The van der Waals surface area contributed by atoms with Crippen molar-refractivity contribution in [2.45, 2.75) is 6.54 Å². The second-order valence-corrected chi connectivity index (χ2v) is 4.92. The Morgan fingerprint density at radius 2 is 1.86 bits per heavy atom. The van der Waals surface area contributed by atoms with Gasteiger partial charge in [-0.1, -0.05) is 30.3 Å². The first-order valence-electron chi connectivity index (χ1n) is 6.83. The lowest BCUT2D eigenvalue weighted by Gasteiger charge is -2.11. The Kier molecular flexibility index (Phi) is 5.08. The summed E-state index contributed by atoms with van der Waals surface area (Å²) in [5.41, 5.74) is 1.47. The molecule has 0 spiro atoms. The van der Waals surface area contributed by atoms with Crippen molar-refractivity contribution in [2.24, 2.45) is 0 Å². The maximum absolute atomic E-state index is 11.9. The fourth-order valence-electron chi connectivity index (χ4n) is 1.83. The van der Waals surface area contributed by atoms with Crippen molar-refractivity contribution in [1.29, 1.82) is 0 Å². The van der Waals surface area contributed by atoms with E-state index in [4.69, 9.17) is 0 Å². The topological polar surface area (TPSA) is 74.3 Å². The molecule has 6 heteroatoms. The monoisotopic (exact) mass is 298 g/mol. The van der Waals surface area contributed by atoms with Crippen LogP contribution in [0.5, 0.6) is 0 Å². The van der Waals surface area contributed by atoms with E-state index in [1.165, 1.54) is 11.1 Å². The van der Waals surface area contributed by atoms with Crippen LogP contribution in [-0.4, -0.2) is 35.9 Å². The van der Waals surface area contributed by atoms with Crippen molar-refractivity contribution >= 4 is 17.8 Å². The highest BCUT2D eigenvalue weighted by molar-refractivity contribution is 5.95. The van der Waals surface area contributed by atoms with E-state index in [1.807, 2.05) is 30.3 Å². The van der Waals surface area contributed by atoms with Gasteiger partial charge < -0.3 is 10.2 Å². The summed E-state index contributed by atoms with van der Waals surface area (Å²) in [5.74, 6) is 0.188. The van der Waals surface area contributed by atoms with Gasteiger partial charge in [0.25, 0.3) is 5.91 Å². The summed E-state index contributed by atoms with van der Waals surface area (Å²) >= 11 is 0. The van der Waals surface area contributed by atoms with Gasteiger partial charge in [0.15, 0.2) is 0 Å². The van der Waals surface area contributed by atoms with Crippen molar-refractivity contribution in [3.63, 3.8) is 0 Å². The molecule has 2 aromatic rings. The molecule has 0 unspecified atom stereocenters. The van der Waals surface area contributed by atoms with Crippen LogP contribution in [0, 0.1) is 0 Å². The Morgan fingerprint density at radius 3 is 2.55 bits per heavy atom. The molecule has 6 nitrogen and oxygen atoms in total. The number of carbonyl (C=O) groups is 2. The van der Waals surface area contributed by atoms with Crippen molar-refractivity contribution in [2.75, 3.05) is 19.4 Å². The quantitative estimate of drug-likeness (QED) is 0.908. The summed E-state index contributed by atoms with van der Waals surface area (Å²) in [5, 5.41) is 5.35. The van der Waals surface area contributed by atoms with Gasteiger partial charge in [-0.05, 0) is 17.7 Å². The summed E-state index contributed by atoms with van der Waals surface area (Å²) in [7, 11) is 3.34. The number of anilines is 1. The van der Waals surface area contributed by atoms with Crippen molar-refractivity contribution in [3.05, 3.63) is 59.8 Å². The summed E-state index contributed by atoms with van der Waals surface area (Å²) in [4.78, 5) is 29.2. The fraction of sp³-hybridized carbons (Fsp3) is 0.188. The van der Waals surface area contributed by atoms with Crippen LogP contribution in [0.15, 0.2) is 48.7 Å². The first kappa shape index (κ1) is 15.5. The number of pyridine rings is 1. The van der Waals surface area contributed by atoms with Crippen LogP contribution in [0.25, 0.3) is 0 Å². The number of rotatable bonds is 4. The van der Waals surface area contributed by atoms with Gasteiger partial charge in [0, 0.05) is 32.4 Å². The zero-order valence-electron chi connectivity index (χ0n) is 12.5. The highest BCUT2D eigenvalue weighted by Crippen LogP contribution is 2.08. The largest absolute Gasteiger partial charge is 0.345 e. The Bertz CT molecular complexity index is 656. The van der Waals surface area contributed by atoms with E-state index >= 15 is 0 Å². The van der Waals surface area contributed by atoms with E-state index in [1.54, 1.807) is 26.2 Å². The summed E-state index contributed by atoms with van der Waals surface area (Å²) in [6.07, 6.45) is 1.49. The Labute approximate surface area is 129 Å². The van der Waals surface area contributed by atoms with Crippen LogP contribution < -0.4 is 10.6 Å². The first-order valence-corrected chi connectivity index (χ1v) is 6.83. The molecule has 3 amide bonds. The SMILES string of the molecule is CN(C)C(=O)c1ccnc(NC(=O)NCc2ccccc2)c1. The number of benzene rings is 1. The van der Waals surface area contributed by atoms with Gasteiger partial charge in [-0.15, -0.1) is 0 Å². The molecule has 0 aliphatic heterocycles. The Morgan fingerprint density at radius 1 is 1.14 bits per heavy atom. The second kappa shape index (κ2) is 7.21. The number of aromatic nitrogens is 1. The normalized spacial score (nSPS) is 9.91. The number of urea groups is 1. The molecule has 0 bridgehead atoms. The second-order valence-electron chi connectivity index (χ2n) is 4.92. The lowest BCUT2D eigenvalue weighted by Crippen LogP contribution is -2.29. The summed E-state index contributed by atoms with van der Waals surface area (Å²) in [6.45, 7) is 0.420. The zero-order chi connectivity index (χ0) is 15.9. The lowest BCUT2D eigenvalue weighted by molar-refractivity contribution is 0.0827. The molecule has 22 heavy (non-hydrogen) atoms. The minimum Gasteiger partial charge on any atom is -0.345 e. The van der Waals surface area contributed by atoms with E-state index in [9.17, 15) is 9.59 Å². The first-order chi connectivity index (χ1) is 10.6. The molecular weight excluding hydrogens is 280 g/mol. The number of nitrogens with one attached hydrogen (secondary N) is 2. The smallest absolute Gasteiger partial charge is 0.320 e. The highest BCUT2D eigenvalue weighted by atomic mass is 16.2. The zero-order valence-corrected chi connectivity index (χ0v) is 12.5. The minimum absolute atomic E-state index is 0.143. The number of carbonyl (C=O) groups excluding carboxylic acids is 2. The molecule has 114 valence electrons. The highest BCUT2D eigenvalue weighted by Gasteiger charge is 2.10. The van der Waals surface area contributed by atoms with Crippen molar-refractivity contribution < 1.29 is 9.59 Å². The molecule has 1 heterocycles. The summed E-state index contributed by atoms with van der Waals surface area (Å²) in [6, 6.07) is 12.4. The number of nitrogens with zero attached hydrogens (tertiary/aromatic N) is 2. The van der Waals surface area contributed by atoms with Crippen LogP contribution in [0.2, 0.25) is 0 Å². The predicted octanol–water partition coefficient (Wildman–Crippen LogP) is 2.11. The molecule has 0 fully saturated rings. The van der Waals surface area contributed by atoms with E-state index in [0.717, 1.165) is 5.56 Å². The lowest BCUT2D eigenvalue weighted by atomic mass is 10.2. The van der Waals surface area contributed by atoms with Crippen molar-refractivity contribution in [3.8, 4) is 0 Å². The third-order valence-electron chi connectivity index (χ3n) is 2.95. The molecule has 0 atom stereocenters. The van der Waals surface area contributed by atoms with Crippen molar-refractivity contribution in [1.82, 2.24) is 15.2 Å². The molecule has 0 saturated carbocycles. The average Bonchev–Trinajstić information content (AvgIpc) is 2.53. The molecular formula is C16H18N4O2. The Hall–Kier alpha value is -2.89. The molecule has 0 radical (unpaired) electrons. The van der Waals surface area contributed by atoms with Crippen LogP contribution in [0.4, 0.5) is 10.6 Å². The number of hydrogen-bond acceptors (Lipinski definition) is 3. The molecule has 1 aromatic heterocycles. The fourth-order valence-corrected chi connectivity index (χ4v) is 1.83. The van der Waals surface area contributed by atoms with Crippen LogP contribution in [0.3, 0.4) is 0 Å². The van der Waals surface area contributed by atoms with E-state index in [2.05, 4.69) is 15.6 Å². The van der Waals surface area contributed by atoms with Gasteiger partial charge in [0.05, 0.1) is 0 Å². The maximum atomic E-state index is 11.9. The molecule has 0 aliphatic carbocycles. The molecule has 0 aliphatic rings.